The highest BCUT2D eigenvalue weighted by atomic mass is 14.1. The summed E-state index contributed by atoms with van der Waals surface area (Å²) in [6.45, 7) is 11.2. The average molecular weight is 154 g/mol. The molecule has 0 aliphatic heterocycles. The molecular weight excluding hydrogens is 132 g/mol. The fourth-order valence-corrected chi connectivity index (χ4v) is 1.37. The average Bonchev–Trinajstić information content (AvgIpc) is 1.86. The van der Waals surface area contributed by atoms with E-state index in [0.717, 1.165) is 11.8 Å². The van der Waals surface area contributed by atoms with Crippen LogP contribution in [-0.4, -0.2) is 0 Å². The SMILES string of the molecule is CCC[C@@H](C=C(C)C)C(C)C. The quantitative estimate of drug-likeness (QED) is 0.536. The van der Waals surface area contributed by atoms with Crippen LogP contribution in [0, 0.1) is 11.8 Å². The van der Waals surface area contributed by atoms with Crippen LogP contribution in [0.15, 0.2) is 11.6 Å². The Kier molecular flexibility index (Phi) is 5.27. The molecule has 0 amide bonds. The zero-order valence-corrected chi connectivity index (χ0v) is 8.65. The van der Waals surface area contributed by atoms with Crippen LogP contribution in [0.4, 0.5) is 0 Å². The van der Waals surface area contributed by atoms with Crippen molar-refractivity contribution in [1.29, 1.82) is 0 Å². The van der Waals surface area contributed by atoms with E-state index in [4.69, 9.17) is 0 Å². The summed E-state index contributed by atoms with van der Waals surface area (Å²) in [6.07, 6.45) is 5.05. The third kappa shape index (κ3) is 5.06. The van der Waals surface area contributed by atoms with E-state index in [2.05, 4.69) is 40.7 Å². The number of hydrogen-bond donors (Lipinski definition) is 0. The molecule has 11 heavy (non-hydrogen) atoms. The van der Waals surface area contributed by atoms with E-state index in [1.54, 1.807) is 0 Å². The van der Waals surface area contributed by atoms with E-state index in [9.17, 15) is 0 Å². The second kappa shape index (κ2) is 5.40. The van der Waals surface area contributed by atoms with Crippen molar-refractivity contribution in [2.24, 2.45) is 11.8 Å². The van der Waals surface area contributed by atoms with Gasteiger partial charge in [0.05, 0.1) is 0 Å². The van der Waals surface area contributed by atoms with Crippen LogP contribution >= 0.6 is 0 Å². The summed E-state index contributed by atoms with van der Waals surface area (Å²) in [5.74, 6) is 1.59. The van der Waals surface area contributed by atoms with Gasteiger partial charge in [0.15, 0.2) is 0 Å². The lowest BCUT2D eigenvalue weighted by atomic mass is 9.90. The van der Waals surface area contributed by atoms with Crippen LogP contribution < -0.4 is 0 Å². The Balaban J connectivity index is 4.00. The lowest BCUT2D eigenvalue weighted by Gasteiger charge is -2.16. The zero-order chi connectivity index (χ0) is 8.85. The first-order chi connectivity index (χ1) is 5.07. The Labute approximate surface area is 71.7 Å². The molecule has 0 radical (unpaired) electrons. The summed E-state index contributed by atoms with van der Waals surface area (Å²) in [7, 11) is 0. The van der Waals surface area contributed by atoms with Crippen LogP contribution in [0.1, 0.15) is 47.5 Å². The van der Waals surface area contributed by atoms with Gasteiger partial charge in [-0.3, -0.25) is 0 Å². The topological polar surface area (TPSA) is 0 Å². The van der Waals surface area contributed by atoms with Gasteiger partial charge in [0.1, 0.15) is 0 Å². The molecule has 0 saturated heterocycles. The van der Waals surface area contributed by atoms with Crippen molar-refractivity contribution in [2.45, 2.75) is 47.5 Å². The van der Waals surface area contributed by atoms with Crippen LogP contribution in [0.2, 0.25) is 0 Å². The number of rotatable bonds is 4. The van der Waals surface area contributed by atoms with Crippen molar-refractivity contribution < 1.29 is 0 Å². The number of hydrogen-bond acceptors (Lipinski definition) is 0. The van der Waals surface area contributed by atoms with Gasteiger partial charge in [-0.05, 0) is 32.1 Å². The van der Waals surface area contributed by atoms with E-state index in [-0.39, 0.29) is 0 Å². The molecule has 0 unspecified atom stereocenters. The largest absolute Gasteiger partial charge is 0.0825 e. The minimum Gasteiger partial charge on any atom is -0.0825 e. The van der Waals surface area contributed by atoms with Crippen molar-refractivity contribution in [2.75, 3.05) is 0 Å². The van der Waals surface area contributed by atoms with Crippen LogP contribution in [0.25, 0.3) is 0 Å². The maximum atomic E-state index is 2.41. The molecule has 0 saturated carbocycles. The molecule has 0 nitrogen and oxygen atoms in total. The monoisotopic (exact) mass is 154 g/mol. The van der Waals surface area contributed by atoms with E-state index < -0.39 is 0 Å². The van der Waals surface area contributed by atoms with Gasteiger partial charge in [0.25, 0.3) is 0 Å². The van der Waals surface area contributed by atoms with Gasteiger partial charge in [-0.1, -0.05) is 38.8 Å². The lowest BCUT2D eigenvalue weighted by molar-refractivity contribution is 0.430. The Bertz CT molecular complexity index is 116. The summed E-state index contributed by atoms with van der Waals surface area (Å²) in [5.41, 5.74) is 1.46. The second-order valence-electron chi connectivity index (χ2n) is 3.94. The van der Waals surface area contributed by atoms with Gasteiger partial charge in [-0.15, -0.1) is 0 Å². The Morgan fingerprint density at radius 2 is 1.82 bits per heavy atom. The predicted molar refractivity (Wildman–Crippen MR) is 52.7 cm³/mol. The third-order valence-electron chi connectivity index (χ3n) is 2.03. The minimum absolute atomic E-state index is 0.796. The van der Waals surface area contributed by atoms with Crippen LogP contribution in [0.5, 0.6) is 0 Å². The summed E-state index contributed by atoms with van der Waals surface area (Å²) in [5, 5.41) is 0. The molecule has 1 atom stereocenters. The normalized spacial score (nSPS) is 13.3. The molecule has 0 N–H and O–H groups in total. The van der Waals surface area contributed by atoms with Gasteiger partial charge >= 0.3 is 0 Å². The molecule has 0 aromatic carbocycles. The van der Waals surface area contributed by atoms with Crippen molar-refractivity contribution in [3.05, 3.63) is 11.6 Å². The number of allylic oxidation sites excluding steroid dienone is 2. The van der Waals surface area contributed by atoms with Gasteiger partial charge in [-0.25, -0.2) is 0 Å². The first-order valence-electron chi connectivity index (χ1n) is 4.73. The Hall–Kier alpha value is -0.260. The fourth-order valence-electron chi connectivity index (χ4n) is 1.37. The summed E-state index contributed by atoms with van der Waals surface area (Å²) in [4.78, 5) is 0. The van der Waals surface area contributed by atoms with E-state index in [0.29, 0.717) is 0 Å². The van der Waals surface area contributed by atoms with E-state index >= 15 is 0 Å². The standard InChI is InChI=1S/C11H22/c1-6-7-11(10(4)5)8-9(2)3/h8,10-11H,6-7H2,1-5H3/t11-/m0/s1. The predicted octanol–water partition coefficient (Wildman–Crippen LogP) is 4.02. The van der Waals surface area contributed by atoms with Crippen LogP contribution in [0.3, 0.4) is 0 Å². The van der Waals surface area contributed by atoms with E-state index in [1.807, 2.05) is 0 Å². The maximum Gasteiger partial charge on any atom is -0.0208 e. The molecule has 0 spiro atoms. The van der Waals surface area contributed by atoms with Gasteiger partial charge in [0, 0.05) is 0 Å². The maximum absolute atomic E-state index is 2.41. The lowest BCUT2D eigenvalue weighted by Crippen LogP contribution is -2.05. The van der Waals surface area contributed by atoms with Crippen molar-refractivity contribution in [3.63, 3.8) is 0 Å². The third-order valence-corrected chi connectivity index (χ3v) is 2.03. The molecule has 0 heterocycles. The highest BCUT2D eigenvalue weighted by Crippen LogP contribution is 2.19. The first kappa shape index (κ1) is 10.7. The fraction of sp³-hybridized carbons (Fsp3) is 0.818. The van der Waals surface area contributed by atoms with Crippen LogP contribution in [-0.2, 0) is 0 Å². The Morgan fingerprint density at radius 3 is 2.09 bits per heavy atom. The van der Waals surface area contributed by atoms with Gasteiger partial charge < -0.3 is 0 Å². The van der Waals surface area contributed by atoms with Crippen molar-refractivity contribution in [3.8, 4) is 0 Å². The zero-order valence-electron chi connectivity index (χ0n) is 8.65. The van der Waals surface area contributed by atoms with Crippen molar-refractivity contribution in [1.82, 2.24) is 0 Å². The molecule has 0 rings (SSSR count). The van der Waals surface area contributed by atoms with Gasteiger partial charge in [0.2, 0.25) is 0 Å². The smallest absolute Gasteiger partial charge is 0.0208 e. The summed E-state index contributed by atoms with van der Waals surface area (Å²) >= 11 is 0. The molecule has 0 aliphatic rings. The molecular formula is C11H22. The molecule has 0 aliphatic carbocycles. The molecule has 0 aromatic rings. The first-order valence-corrected chi connectivity index (χ1v) is 4.73. The molecule has 0 fully saturated rings. The summed E-state index contributed by atoms with van der Waals surface area (Å²) in [6, 6.07) is 0. The van der Waals surface area contributed by atoms with Crippen molar-refractivity contribution >= 4 is 0 Å². The molecule has 0 heteroatoms. The molecule has 66 valence electrons. The highest BCUT2D eigenvalue weighted by Gasteiger charge is 2.07. The van der Waals surface area contributed by atoms with E-state index in [1.165, 1.54) is 18.4 Å². The molecule has 0 aromatic heterocycles. The second-order valence-corrected chi connectivity index (χ2v) is 3.94. The molecule has 0 bridgehead atoms. The highest BCUT2D eigenvalue weighted by molar-refractivity contribution is 4.98. The minimum atomic E-state index is 0.796. The Morgan fingerprint density at radius 1 is 1.27 bits per heavy atom. The summed E-state index contributed by atoms with van der Waals surface area (Å²) < 4.78 is 0. The van der Waals surface area contributed by atoms with Gasteiger partial charge in [-0.2, -0.15) is 0 Å².